The number of nitrogens with one attached hydrogen (secondary N) is 1. The Morgan fingerprint density at radius 2 is 1.94 bits per heavy atom. The summed E-state index contributed by atoms with van der Waals surface area (Å²) >= 11 is 1.85. The molecule has 8 heteroatoms. The molecule has 6 heterocycles. The Morgan fingerprint density at radius 1 is 1.16 bits per heavy atom. The van der Waals surface area contributed by atoms with E-state index in [-0.39, 0.29) is 0 Å². The molecular weight excluding hydrogens is 420 g/mol. The van der Waals surface area contributed by atoms with Gasteiger partial charge in [0.05, 0.1) is 30.0 Å². The summed E-state index contributed by atoms with van der Waals surface area (Å²) in [7, 11) is 0. The van der Waals surface area contributed by atoms with Gasteiger partial charge in [-0.3, -0.25) is 4.90 Å². The molecule has 2 aliphatic rings. The van der Waals surface area contributed by atoms with Crippen molar-refractivity contribution < 1.29 is 4.74 Å². The van der Waals surface area contributed by atoms with Gasteiger partial charge in [0.1, 0.15) is 16.7 Å². The van der Waals surface area contributed by atoms with Crippen LogP contribution in [0.1, 0.15) is 60.2 Å². The zero-order chi connectivity index (χ0) is 22.0. The summed E-state index contributed by atoms with van der Waals surface area (Å²) in [5.41, 5.74) is 8.17. The fourth-order valence-electron chi connectivity index (χ4n) is 5.25. The van der Waals surface area contributed by atoms with Crippen LogP contribution in [0.3, 0.4) is 0 Å². The zero-order valence-corrected chi connectivity index (χ0v) is 20.0. The Balaban J connectivity index is 1.37. The smallest absolute Gasteiger partial charge is 0.158 e. The largest absolute Gasteiger partial charge is 0.378 e. The average Bonchev–Trinajstić information content (AvgIpc) is 3.43. The van der Waals surface area contributed by atoms with E-state index in [9.17, 15) is 0 Å². The number of nitrogens with zero attached hydrogens (tertiary/aromatic N) is 5. The summed E-state index contributed by atoms with van der Waals surface area (Å²) in [6.07, 6.45) is 6.11. The number of thiazole rings is 1. The van der Waals surface area contributed by atoms with Gasteiger partial charge in [-0.15, -0.1) is 11.3 Å². The fraction of sp³-hybridized carbons (Fsp3) is 0.542. The highest BCUT2D eigenvalue weighted by Gasteiger charge is 2.32. The second-order valence-electron chi connectivity index (χ2n) is 9.62. The minimum Gasteiger partial charge on any atom is -0.378 e. The van der Waals surface area contributed by atoms with Crippen LogP contribution in [0.5, 0.6) is 0 Å². The molecule has 0 atom stereocenters. The molecule has 7 nitrogen and oxygen atoms in total. The third-order valence-corrected chi connectivity index (χ3v) is 8.53. The van der Waals surface area contributed by atoms with Crippen LogP contribution in [0.15, 0.2) is 12.5 Å². The van der Waals surface area contributed by atoms with Crippen molar-refractivity contribution in [2.24, 2.45) is 0 Å². The second kappa shape index (κ2) is 7.64. The van der Waals surface area contributed by atoms with Gasteiger partial charge in [-0.05, 0) is 56.8 Å². The molecule has 0 aromatic carbocycles. The number of aromatic amines is 1. The van der Waals surface area contributed by atoms with Crippen LogP contribution in [0.4, 0.5) is 0 Å². The molecule has 32 heavy (non-hydrogen) atoms. The van der Waals surface area contributed by atoms with Gasteiger partial charge in [-0.25, -0.2) is 14.5 Å². The van der Waals surface area contributed by atoms with Crippen LogP contribution in [-0.4, -0.2) is 61.8 Å². The lowest BCUT2D eigenvalue weighted by Crippen LogP contribution is -2.51. The maximum absolute atomic E-state index is 5.38. The summed E-state index contributed by atoms with van der Waals surface area (Å²) in [5.74, 6) is 0.942. The van der Waals surface area contributed by atoms with Gasteiger partial charge < -0.3 is 9.72 Å². The fourth-order valence-corrected chi connectivity index (χ4v) is 6.41. The third kappa shape index (κ3) is 3.11. The predicted octanol–water partition coefficient (Wildman–Crippen LogP) is 4.65. The molecule has 0 saturated carbocycles. The molecule has 0 bridgehead atoms. The summed E-state index contributed by atoms with van der Waals surface area (Å²) in [5, 5.41) is 5.69. The molecular formula is C24H30N6OS. The van der Waals surface area contributed by atoms with Crippen molar-refractivity contribution in [3.05, 3.63) is 34.2 Å². The maximum atomic E-state index is 5.38. The number of rotatable bonds is 4. The maximum Gasteiger partial charge on any atom is 0.158 e. The summed E-state index contributed by atoms with van der Waals surface area (Å²) in [6.45, 7) is 13.0. The molecule has 0 spiro atoms. The zero-order valence-electron chi connectivity index (χ0n) is 19.2. The lowest BCUT2D eigenvalue weighted by atomic mass is 9.95. The van der Waals surface area contributed by atoms with Crippen molar-refractivity contribution in [3.8, 4) is 11.3 Å². The van der Waals surface area contributed by atoms with E-state index in [1.54, 1.807) is 6.33 Å². The highest BCUT2D eigenvalue weighted by molar-refractivity contribution is 7.18. The summed E-state index contributed by atoms with van der Waals surface area (Å²) in [6, 6.07) is 0.644. The van der Waals surface area contributed by atoms with Gasteiger partial charge in [-0.2, -0.15) is 5.10 Å². The highest BCUT2D eigenvalue weighted by atomic mass is 32.1. The molecule has 0 aliphatic carbocycles. The molecule has 0 unspecified atom stereocenters. The molecule has 1 N–H and O–H groups in total. The van der Waals surface area contributed by atoms with Crippen LogP contribution in [0.2, 0.25) is 0 Å². The monoisotopic (exact) mass is 450 g/mol. The Kier molecular flexibility index (Phi) is 4.85. The molecule has 2 saturated heterocycles. The quantitative estimate of drug-likeness (QED) is 0.490. The van der Waals surface area contributed by atoms with Gasteiger partial charge in [0.25, 0.3) is 0 Å². The number of H-pyrrole nitrogens is 1. The number of hydrogen-bond acceptors (Lipinski definition) is 6. The number of pyridine rings is 1. The molecule has 6 rings (SSSR count). The first kappa shape index (κ1) is 20.3. The van der Waals surface area contributed by atoms with Gasteiger partial charge in [0.15, 0.2) is 5.65 Å². The number of aryl methyl sites for hydroxylation is 1. The molecule has 0 radical (unpaired) electrons. The number of aromatic nitrogens is 5. The lowest BCUT2D eigenvalue weighted by molar-refractivity contribution is -0.0712. The standard InChI is InChI=1S/C24H30N6OS/c1-13(2)19-20(18-9-30-22(25-12-26-30)15(4)14(18)3)27-24-21(19)28-23(32-24)16-5-7-29(8-6-16)17-10-31-11-17/h9,12-13,16-17,27H,5-8,10-11H2,1-4H3. The minimum absolute atomic E-state index is 0.375. The molecule has 4 aromatic heterocycles. The van der Waals surface area contributed by atoms with E-state index in [2.05, 4.69) is 53.9 Å². The summed E-state index contributed by atoms with van der Waals surface area (Å²) < 4.78 is 7.27. The Morgan fingerprint density at radius 3 is 2.62 bits per heavy atom. The van der Waals surface area contributed by atoms with E-state index in [1.807, 2.05) is 15.9 Å². The van der Waals surface area contributed by atoms with Gasteiger partial charge in [0.2, 0.25) is 0 Å². The molecule has 2 aliphatic heterocycles. The SMILES string of the molecule is Cc1c(-c2[nH]c3sc(C4CCN(C5COC5)CC4)nc3c2C(C)C)cn2ncnc2c1C. The van der Waals surface area contributed by atoms with Crippen LogP contribution >= 0.6 is 11.3 Å². The molecule has 0 amide bonds. The third-order valence-electron chi connectivity index (χ3n) is 7.40. The average molecular weight is 451 g/mol. The van der Waals surface area contributed by atoms with E-state index in [0.29, 0.717) is 17.9 Å². The van der Waals surface area contributed by atoms with Gasteiger partial charge in [-0.1, -0.05) is 13.8 Å². The first-order chi connectivity index (χ1) is 15.5. The van der Waals surface area contributed by atoms with Crippen molar-refractivity contribution in [1.29, 1.82) is 0 Å². The van der Waals surface area contributed by atoms with Gasteiger partial charge >= 0.3 is 0 Å². The van der Waals surface area contributed by atoms with Crippen LogP contribution in [0.25, 0.3) is 27.3 Å². The van der Waals surface area contributed by atoms with Crippen molar-refractivity contribution in [2.75, 3.05) is 26.3 Å². The van der Waals surface area contributed by atoms with Crippen LogP contribution in [-0.2, 0) is 4.74 Å². The van der Waals surface area contributed by atoms with Crippen molar-refractivity contribution in [2.45, 2.75) is 58.4 Å². The van der Waals surface area contributed by atoms with Crippen LogP contribution < -0.4 is 0 Å². The predicted molar refractivity (Wildman–Crippen MR) is 128 cm³/mol. The lowest BCUT2D eigenvalue weighted by Gasteiger charge is -2.41. The minimum atomic E-state index is 0.375. The normalized spacial score (nSPS) is 18.9. The molecule has 4 aromatic rings. The van der Waals surface area contributed by atoms with E-state index in [0.717, 1.165) is 37.5 Å². The summed E-state index contributed by atoms with van der Waals surface area (Å²) in [4.78, 5) is 17.2. The second-order valence-corrected chi connectivity index (χ2v) is 10.7. The number of ether oxygens (including phenoxy) is 1. The Labute approximate surface area is 191 Å². The van der Waals surface area contributed by atoms with Crippen LogP contribution in [0, 0.1) is 13.8 Å². The molecule has 2 fully saturated rings. The van der Waals surface area contributed by atoms with E-state index in [1.165, 1.54) is 50.6 Å². The van der Waals surface area contributed by atoms with E-state index < -0.39 is 0 Å². The van der Waals surface area contributed by atoms with E-state index in [4.69, 9.17) is 9.72 Å². The first-order valence-electron chi connectivity index (χ1n) is 11.6. The highest BCUT2D eigenvalue weighted by Crippen LogP contribution is 2.42. The molecule has 168 valence electrons. The van der Waals surface area contributed by atoms with Crippen molar-refractivity contribution >= 4 is 27.3 Å². The number of likely N-dealkylation sites (tertiary alicyclic amines) is 1. The topological polar surface area (TPSA) is 71.3 Å². The number of fused-ring (bicyclic) bond motifs is 2. The first-order valence-corrected chi connectivity index (χ1v) is 12.5. The van der Waals surface area contributed by atoms with Crippen molar-refractivity contribution in [3.63, 3.8) is 0 Å². The Hall–Kier alpha value is -2.29. The van der Waals surface area contributed by atoms with Crippen molar-refractivity contribution in [1.82, 2.24) is 29.5 Å². The van der Waals surface area contributed by atoms with Gasteiger partial charge in [0, 0.05) is 23.2 Å². The number of hydrogen-bond donors (Lipinski definition) is 1. The van der Waals surface area contributed by atoms with E-state index >= 15 is 0 Å². The number of piperidine rings is 1. The Bertz CT molecular complexity index is 1290.